The molecule has 1 heterocycles. The number of para-hydroxylation sites is 1. The molecule has 3 nitrogen and oxygen atoms in total. The molecular weight excluding hydrogens is 258 g/mol. The maximum Gasteiger partial charge on any atom is 0.0642 e. The van der Waals surface area contributed by atoms with E-state index in [9.17, 15) is 0 Å². The molecule has 19 heavy (non-hydrogen) atoms. The third kappa shape index (κ3) is 3.85. The van der Waals surface area contributed by atoms with Crippen LogP contribution in [0.3, 0.4) is 0 Å². The molecule has 1 aliphatic rings. The highest BCUT2D eigenvalue weighted by Gasteiger charge is 2.15. The lowest BCUT2D eigenvalue weighted by molar-refractivity contribution is 0.346. The third-order valence-corrected chi connectivity index (χ3v) is 4.07. The van der Waals surface area contributed by atoms with Gasteiger partial charge in [0.1, 0.15) is 0 Å². The average Bonchev–Trinajstić information content (AvgIpc) is 2.90. The molecule has 4 heteroatoms. The zero-order valence-electron chi connectivity index (χ0n) is 12.0. The second kappa shape index (κ2) is 7.13. The Labute approximate surface area is 121 Å². The molecule has 0 unspecified atom stereocenters. The number of hydrogen-bond acceptors (Lipinski definition) is 3. The predicted octanol–water partition coefficient (Wildman–Crippen LogP) is 2.59. The minimum Gasteiger partial charge on any atom is -0.372 e. The van der Waals surface area contributed by atoms with Crippen LogP contribution in [0.5, 0.6) is 0 Å². The summed E-state index contributed by atoms with van der Waals surface area (Å²) in [6.45, 7) is 5.50. The van der Waals surface area contributed by atoms with E-state index in [0.29, 0.717) is 0 Å². The summed E-state index contributed by atoms with van der Waals surface area (Å²) in [6, 6.07) is 6.14. The van der Waals surface area contributed by atoms with Gasteiger partial charge in [-0.1, -0.05) is 23.7 Å². The first-order valence-electron chi connectivity index (χ1n) is 7.08. The van der Waals surface area contributed by atoms with E-state index in [1.807, 2.05) is 19.2 Å². The van der Waals surface area contributed by atoms with Gasteiger partial charge in [-0.2, -0.15) is 0 Å². The van der Waals surface area contributed by atoms with Gasteiger partial charge in [-0.05, 0) is 44.6 Å². The van der Waals surface area contributed by atoms with Crippen molar-refractivity contribution in [2.24, 2.45) is 0 Å². The predicted molar refractivity (Wildman–Crippen MR) is 83.2 cm³/mol. The van der Waals surface area contributed by atoms with Crippen LogP contribution in [0.25, 0.3) is 0 Å². The van der Waals surface area contributed by atoms with E-state index < -0.39 is 0 Å². The molecule has 1 fully saturated rings. The smallest absolute Gasteiger partial charge is 0.0642 e. The van der Waals surface area contributed by atoms with E-state index in [0.717, 1.165) is 30.3 Å². The van der Waals surface area contributed by atoms with Gasteiger partial charge in [0.05, 0.1) is 10.7 Å². The molecule has 0 spiro atoms. The van der Waals surface area contributed by atoms with Gasteiger partial charge in [-0.25, -0.2) is 0 Å². The molecule has 1 aromatic rings. The van der Waals surface area contributed by atoms with Gasteiger partial charge in [0, 0.05) is 26.7 Å². The molecule has 106 valence electrons. The molecule has 1 N–H and O–H groups in total. The number of likely N-dealkylation sites (N-methyl/N-ethyl adjacent to an activating group) is 1. The summed E-state index contributed by atoms with van der Waals surface area (Å²) in [5.74, 6) is 0. The van der Waals surface area contributed by atoms with Crippen LogP contribution in [0.1, 0.15) is 18.4 Å². The maximum atomic E-state index is 6.37. The van der Waals surface area contributed by atoms with Crippen molar-refractivity contribution in [1.82, 2.24) is 10.2 Å². The number of rotatable bonds is 6. The molecule has 0 amide bonds. The molecule has 2 rings (SSSR count). The van der Waals surface area contributed by atoms with Gasteiger partial charge in [0.2, 0.25) is 0 Å². The van der Waals surface area contributed by atoms with Crippen molar-refractivity contribution >= 4 is 17.3 Å². The molecule has 0 radical (unpaired) electrons. The summed E-state index contributed by atoms with van der Waals surface area (Å²) in [5, 5.41) is 4.05. The largest absolute Gasteiger partial charge is 0.372 e. The SMILES string of the molecule is CNCc1cccc(Cl)c1N(C)CCN1CCCC1. The maximum absolute atomic E-state index is 6.37. The molecule has 0 atom stereocenters. The van der Waals surface area contributed by atoms with Crippen LogP contribution in [0.2, 0.25) is 5.02 Å². The van der Waals surface area contributed by atoms with Gasteiger partial charge in [-0.15, -0.1) is 0 Å². The van der Waals surface area contributed by atoms with Crippen LogP contribution in [0.15, 0.2) is 18.2 Å². The number of benzene rings is 1. The van der Waals surface area contributed by atoms with Crippen molar-refractivity contribution in [2.75, 3.05) is 45.2 Å². The Kier molecular flexibility index (Phi) is 5.49. The van der Waals surface area contributed by atoms with Crippen molar-refractivity contribution in [1.29, 1.82) is 0 Å². The summed E-state index contributed by atoms with van der Waals surface area (Å²) >= 11 is 6.37. The van der Waals surface area contributed by atoms with Gasteiger partial charge in [0.15, 0.2) is 0 Å². The van der Waals surface area contributed by atoms with Crippen LogP contribution in [-0.2, 0) is 6.54 Å². The summed E-state index contributed by atoms with van der Waals surface area (Å²) in [6.07, 6.45) is 2.70. The molecule has 0 saturated carbocycles. The van der Waals surface area contributed by atoms with Crippen molar-refractivity contribution in [3.05, 3.63) is 28.8 Å². The van der Waals surface area contributed by atoms with Crippen LogP contribution >= 0.6 is 11.6 Å². The second-order valence-corrected chi connectivity index (χ2v) is 5.66. The van der Waals surface area contributed by atoms with Crippen LogP contribution in [0.4, 0.5) is 5.69 Å². The number of likely N-dealkylation sites (tertiary alicyclic amines) is 1. The normalized spacial score (nSPS) is 15.9. The first-order chi connectivity index (χ1) is 9.22. The zero-order valence-corrected chi connectivity index (χ0v) is 12.7. The van der Waals surface area contributed by atoms with Crippen molar-refractivity contribution < 1.29 is 0 Å². The highest BCUT2D eigenvalue weighted by molar-refractivity contribution is 6.33. The Bertz CT molecular complexity index is 402. The Hall–Kier alpha value is -0.770. The minimum absolute atomic E-state index is 0.844. The highest BCUT2D eigenvalue weighted by atomic mass is 35.5. The van der Waals surface area contributed by atoms with Gasteiger partial charge >= 0.3 is 0 Å². The number of nitrogens with one attached hydrogen (secondary N) is 1. The van der Waals surface area contributed by atoms with Crippen molar-refractivity contribution in [3.63, 3.8) is 0 Å². The fraction of sp³-hybridized carbons (Fsp3) is 0.600. The molecule has 0 bridgehead atoms. The van der Waals surface area contributed by atoms with Gasteiger partial charge in [-0.3, -0.25) is 0 Å². The monoisotopic (exact) mass is 281 g/mol. The Balaban J connectivity index is 2.02. The topological polar surface area (TPSA) is 18.5 Å². The first-order valence-corrected chi connectivity index (χ1v) is 7.45. The number of nitrogens with zero attached hydrogens (tertiary/aromatic N) is 2. The molecule has 0 aromatic heterocycles. The fourth-order valence-corrected chi connectivity index (χ4v) is 3.07. The summed E-state index contributed by atoms with van der Waals surface area (Å²) in [5.41, 5.74) is 2.43. The summed E-state index contributed by atoms with van der Waals surface area (Å²) in [7, 11) is 4.10. The molecule has 0 aliphatic carbocycles. The number of anilines is 1. The fourth-order valence-electron chi connectivity index (χ4n) is 2.73. The lowest BCUT2D eigenvalue weighted by Gasteiger charge is -2.26. The number of hydrogen-bond donors (Lipinski definition) is 1. The summed E-state index contributed by atoms with van der Waals surface area (Å²) < 4.78 is 0. The Morgan fingerprint density at radius 1 is 1.32 bits per heavy atom. The lowest BCUT2D eigenvalue weighted by Crippen LogP contribution is -2.32. The third-order valence-electron chi connectivity index (χ3n) is 3.77. The minimum atomic E-state index is 0.844. The van der Waals surface area contributed by atoms with Crippen LogP contribution < -0.4 is 10.2 Å². The van der Waals surface area contributed by atoms with E-state index in [4.69, 9.17) is 11.6 Å². The molecule has 1 aromatic carbocycles. The molecular formula is C15H24ClN3. The number of halogens is 1. The van der Waals surface area contributed by atoms with Gasteiger partial charge in [0.25, 0.3) is 0 Å². The Morgan fingerprint density at radius 3 is 2.74 bits per heavy atom. The van der Waals surface area contributed by atoms with Gasteiger partial charge < -0.3 is 15.1 Å². The quantitative estimate of drug-likeness (QED) is 0.865. The van der Waals surface area contributed by atoms with Crippen molar-refractivity contribution in [3.8, 4) is 0 Å². The van der Waals surface area contributed by atoms with E-state index in [-0.39, 0.29) is 0 Å². The van der Waals surface area contributed by atoms with Crippen LogP contribution in [0, 0.1) is 0 Å². The standard InChI is InChI=1S/C15H24ClN3/c1-17-12-13-6-5-7-14(16)15(13)18(2)10-11-19-8-3-4-9-19/h5-7,17H,3-4,8-12H2,1-2H3. The zero-order chi connectivity index (χ0) is 13.7. The highest BCUT2D eigenvalue weighted by Crippen LogP contribution is 2.29. The average molecular weight is 282 g/mol. The second-order valence-electron chi connectivity index (χ2n) is 5.25. The van der Waals surface area contributed by atoms with Crippen molar-refractivity contribution in [2.45, 2.75) is 19.4 Å². The molecule has 1 saturated heterocycles. The molecule has 1 aliphatic heterocycles. The van der Waals surface area contributed by atoms with Crippen LogP contribution in [-0.4, -0.2) is 45.2 Å². The van der Waals surface area contributed by atoms with E-state index >= 15 is 0 Å². The summed E-state index contributed by atoms with van der Waals surface area (Å²) in [4.78, 5) is 4.82. The van der Waals surface area contributed by atoms with E-state index in [1.54, 1.807) is 0 Å². The Morgan fingerprint density at radius 2 is 2.05 bits per heavy atom. The first kappa shape index (κ1) is 14.6. The van der Waals surface area contributed by atoms with E-state index in [1.165, 1.54) is 31.5 Å². The lowest BCUT2D eigenvalue weighted by atomic mass is 10.1. The van der Waals surface area contributed by atoms with E-state index in [2.05, 4.69) is 28.2 Å².